The zero-order chi connectivity index (χ0) is 9.28. The summed E-state index contributed by atoms with van der Waals surface area (Å²) in [5, 5.41) is 15.3. The third-order valence-corrected chi connectivity index (χ3v) is 1.83. The number of aliphatic carboxylic acids is 1. The van der Waals surface area contributed by atoms with Gasteiger partial charge in [0.25, 0.3) is 5.60 Å². The number of halogens is 4. The molecule has 0 fully saturated rings. The van der Waals surface area contributed by atoms with Gasteiger partial charge in [-0.3, -0.25) is 0 Å². The minimum absolute atomic E-state index is 1.08. The van der Waals surface area contributed by atoms with Crippen molar-refractivity contribution >= 4 is 21.9 Å². The zero-order valence-electron chi connectivity index (χ0n) is 5.02. The zero-order valence-corrected chi connectivity index (χ0v) is 6.61. The lowest BCUT2D eigenvalue weighted by molar-refractivity contribution is -0.251. The van der Waals surface area contributed by atoms with Crippen molar-refractivity contribution in [1.82, 2.24) is 0 Å². The number of carboxylic acid groups (broad SMARTS) is 1. The van der Waals surface area contributed by atoms with Gasteiger partial charge in [0.05, 0.1) is 5.33 Å². The molecule has 0 rings (SSSR count). The van der Waals surface area contributed by atoms with E-state index in [1.807, 2.05) is 0 Å². The Kier molecular flexibility index (Phi) is 2.90. The van der Waals surface area contributed by atoms with E-state index in [-0.39, 0.29) is 0 Å². The van der Waals surface area contributed by atoms with Gasteiger partial charge in [-0.05, 0) is 0 Å². The molecule has 0 amide bonds. The molecule has 0 heterocycles. The monoisotopic (exact) mass is 236 g/mol. The Bertz CT molecular complexity index is 168. The highest BCUT2D eigenvalue weighted by Gasteiger charge is 2.59. The van der Waals surface area contributed by atoms with Crippen LogP contribution >= 0.6 is 15.9 Å². The minimum Gasteiger partial charge on any atom is -0.479 e. The first-order valence-corrected chi connectivity index (χ1v) is 3.46. The number of aliphatic hydroxyl groups is 1. The van der Waals surface area contributed by atoms with E-state index in [4.69, 9.17) is 10.2 Å². The third-order valence-electron chi connectivity index (χ3n) is 1.02. The van der Waals surface area contributed by atoms with E-state index in [0.29, 0.717) is 0 Å². The fourth-order valence-electron chi connectivity index (χ4n) is 0.254. The Morgan fingerprint density at radius 3 is 1.82 bits per heavy atom. The van der Waals surface area contributed by atoms with Crippen LogP contribution in [0.4, 0.5) is 13.2 Å². The predicted molar refractivity (Wildman–Crippen MR) is 32.4 cm³/mol. The lowest BCUT2D eigenvalue weighted by Crippen LogP contribution is -2.53. The van der Waals surface area contributed by atoms with Crippen LogP contribution in [0.3, 0.4) is 0 Å². The van der Waals surface area contributed by atoms with Crippen LogP contribution in [0.25, 0.3) is 0 Å². The summed E-state index contributed by atoms with van der Waals surface area (Å²) in [7, 11) is 0. The highest BCUT2D eigenvalue weighted by molar-refractivity contribution is 9.09. The van der Waals surface area contributed by atoms with Gasteiger partial charge < -0.3 is 10.2 Å². The van der Waals surface area contributed by atoms with E-state index in [0.717, 1.165) is 0 Å². The molecular weight excluding hydrogens is 233 g/mol. The maximum Gasteiger partial charge on any atom is 0.429 e. The van der Waals surface area contributed by atoms with E-state index in [9.17, 15) is 18.0 Å². The second-order valence-corrected chi connectivity index (χ2v) is 2.36. The van der Waals surface area contributed by atoms with Crippen molar-refractivity contribution in [3.63, 3.8) is 0 Å². The van der Waals surface area contributed by atoms with Crippen LogP contribution in [0.5, 0.6) is 0 Å². The quantitative estimate of drug-likeness (QED) is 0.697. The Balaban J connectivity index is 4.75. The van der Waals surface area contributed by atoms with Crippen LogP contribution in [0.1, 0.15) is 0 Å². The SMILES string of the molecule is O=C(O)C(O)(CBr)C(F)(F)F. The maximum absolute atomic E-state index is 11.7. The van der Waals surface area contributed by atoms with Crippen molar-refractivity contribution in [1.29, 1.82) is 0 Å². The molecule has 0 aliphatic rings. The molecule has 0 aromatic carbocycles. The largest absolute Gasteiger partial charge is 0.479 e. The summed E-state index contributed by atoms with van der Waals surface area (Å²) < 4.78 is 35.1. The average Bonchev–Trinajstić information content (AvgIpc) is 1.83. The molecule has 2 N–H and O–H groups in total. The summed E-state index contributed by atoms with van der Waals surface area (Å²) in [5.41, 5.74) is -3.69. The summed E-state index contributed by atoms with van der Waals surface area (Å²) in [5.74, 6) is -2.32. The molecule has 0 radical (unpaired) electrons. The molecule has 11 heavy (non-hydrogen) atoms. The van der Waals surface area contributed by atoms with Crippen molar-refractivity contribution in [3.8, 4) is 0 Å². The van der Waals surface area contributed by atoms with E-state index in [2.05, 4.69) is 15.9 Å². The summed E-state index contributed by atoms with van der Waals surface area (Å²) in [6.07, 6.45) is -5.16. The fourth-order valence-corrected chi connectivity index (χ4v) is 0.812. The number of alkyl halides is 4. The molecule has 66 valence electrons. The molecule has 0 aliphatic carbocycles. The van der Waals surface area contributed by atoms with Crippen LogP contribution in [0.15, 0.2) is 0 Å². The van der Waals surface area contributed by atoms with Crippen molar-refractivity contribution < 1.29 is 28.2 Å². The Labute approximate surface area is 67.9 Å². The van der Waals surface area contributed by atoms with Gasteiger partial charge in [-0.25, -0.2) is 4.79 Å². The van der Waals surface area contributed by atoms with Crippen molar-refractivity contribution in [2.45, 2.75) is 11.8 Å². The number of rotatable bonds is 2. The molecule has 0 bridgehead atoms. The normalized spacial score (nSPS) is 17.5. The van der Waals surface area contributed by atoms with Gasteiger partial charge >= 0.3 is 12.1 Å². The summed E-state index contributed by atoms with van der Waals surface area (Å²) in [6.45, 7) is 0. The molecule has 0 saturated heterocycles. The second-order valence-electron chi connectivity index (χ2n) is 1.80. The molecule has 3 nitrogen and oxygen atoms in total. The molecule has 0 aliphatic heterocycles. The second kappa shape index (κ2) is 2.98. The van der Waals surface area contributed by atoms with Crippen molar-refractivity contribution in [2.24, 2.45) is 0 Å². The van der Waals surface area contributed by atoms with E-state index in [1.54, 1.807) is 0 Å². The molecule has 1 unspecified atom stereocenters. The van der Waals surface area contributed by atoms with Crippen LogP contribution in [0.2, 0.25) is 0 Å². The van der Waals surface area contributed by atoms with Crippen molar-refractivity contribution in [3.05, 3.63) is 0 Å². The maximum atomic E-state index is 11.7. The van der Waals surface area contributed by atoms with Crippen LogP contribution in [0, 0.1) is 0 Å². The lowest BCUT2D eigenvalue weighted by Gasteiger charge is -2.23. The molecule has 0 saturated carbocycles. The van der Waals surface area contributed by atoms with Gasteiger partial charge in [0.15, 0.2) is 0 Å². The van der Waals surface area contributed by atoms with E-state index in [1.165, 1.54) is 0 Å². The predicted octanol–water partition coefficient (Wildman–Crippen LogP) is 0.759. The molecule has 0 aromatic rings. The topological polar surface area (TPSA) is 57.5 Å². The summed E-state index contributed by atoms with van der Waals surface area (Å²) in [6, 6.07) is 0. The third kappa shape index (κ3) is 1.84. The lowest BCUT2D eigenvalue weighted by atomic mass is 10.1. The van der Waals surface area contributed by atoms with Gasteiger partial charge in [0.1, 0.15) is 0 Å². The van der Waals surface area contributed by atoms with Gasteiger partial charge in [0, 0.05) is 0 Å². The molecule has 0 aromatic heterocycles. The molecule has 0 spiro atoms. The van der Waals surface area contributed by atoms with Gasteiger partial charge in [-0.2, -0.15) is 13.2 Å². The number of carbonyl (C=O) groups is 1. The molecule has 1 atom stereocenters. The van der Waals surface area contributed by atoms with Crippen LogP contribution < -0.4 is 0 Å². The standard InChI is InChI=1S/C4H4BrF3O3/c5-1-3(11,2(9)10)4(6,7)8/h11H,1H2,(H,9,10). The molecular formula is C4H4BrF3O3. The Hall–Kier alpha value is -0.300. The first kappa shape index (κ1) is 10.7. The Morgan fingerprint density at radius 2 is 1.82 bits per heavy atom. The first-order chi connectivity index (χ1) is 4.75. The summed E-state index contributed by atoms with van der Waals surface area (Å²) >= 11 is 2.26. The van der Waals surface area contributed by atoms with Gasteiger partial charge in [0.2, 0.25) is 0 Å². The highest BCUT2D eigenvalue weighted by Crippen LogP contribution is 2.31. The number of hydrogen-bond donors (Lipinski definition) is 2. The number of carboxylic acids is 1. The van der Waals surface area contributed by atoms with E-state index < -0.39 is 23.1 Å². The van der Waals surface area contributed by atoms with Crippen LogP contribution in [-0.2, 0) is 4.79 Å². The van der Waals surface area contributed by atoms with E-state index >= 15 is 0 Å². The van der Waals surface area contributed by atoms with Gasteiger partial charge in [-0.1, -0.05) is 15.9 Å². The highest BCUT2D eigenvalue weighted by atomic mass is 79.9. The smallest absolute Gasteiger partial charge is 0.429 e. The first-order valence-electron chi connectivity index (χ1n) is 2.34. The number of hydrogen-bond acceptors (Lipinski definition) is 2. The average molecular weight is 237 g/mol. The summed E-state index contributed by atoms with van der Waals surface area (Å²) in [4.78, 5) is 9.90. The fraction of sp³-hybridized carbons (Fsp3) is 0.750. The van der Waals surface area contributed by atoms with Crippen molar-refractivity contribution in [2.75, 3.05) is 5.33 Å². The van der Waals surface area contributed by atoms with Gasteiger partial charge in [-0.15, -0.1) is 0 Å². The van der Waals surface area contributed by atoms with Crippen LogP contribution in [-0.4, -0.2) is 33.3 Å². The Morgan fingerprint density at radius 1 is 1.45 bits per heavy atom. The molecule has 7 heteroatoms. The minimum atomic E-state index is -5.16.